The molecule has 2 aliphatic carbocycles. The summed E-state index contributed by atoms with van der Waals surface area (Å²) in [5.74, 6) is 0.920. The lowest BCUT2D eigenvalue weighted by atomic mass is 10.1. The Morgan fingerprint density at radius 1 is 1.32 bits per heavy atom. The van der Waals surface area contributed by atoms with E-state index >= 15 is 0 Å². The number of nitrogens with two attached hydrogens (primary N) is 1. The Hall–Kier alpha value is -0.730. The van der Waals surface area contributed by atoms with E-state index < -0.39 is 0 Å². The van der Waals surface area contributed by atoms with Crippen molar-refractivity contribution in [3.63, 3.8) is 0 Å². The van der Waals surface area contributed by atoms with Crippen LogP contribution in [0.15, 0.2) is 18.2 Å². The summed E-state index contributed by atoms with van der Waals surface area (Å²) in [6.07, 6.45) is 6.34. The van der Waals surface area contributed by atoms with Crippen molar-refractivity contribution in [1.82, 2.24) is 0 Å². The summed E-state index contributed by atoms with van der Waals surface area (Å²) < 4.78 is 0. The fourth-order valence-electron chi connectivity index (χ4n) is 2.66. The Morgan fingerprint density at radius 2 is 2.05 bits per heavy atom. The van der Waals surface area contributed by atoms with Gasteiger partial charge in [-0.15, -0.1) is 0 Å². The van der Waals surface area contributed by atoms with Crippen molar-refractivity contribution in [1.29, 1.82) is 0 Å². The molecule has 3 heteroatoms. The number of hydrogen-bond donors (Lipinski definition) is 1. The van der Waals surface area contributed by atoms with E-state index in [0.717, 1.165) is 23.4 Å². The molecule has 1 unspecified atom stereocenters. The van der Waals surface area contributed by atoms with Crippen molar-refractivity contribution in [2.24, 2.45) is 11.7 Å². The molecular weight excluding hydrogens is 256 g/mol. The quantitative estimate of drug-likeness (QED) is 0.861. The van der Waals surface area contributed by atoms with Crippen LogP contribution >= 0.6 is 11.6 Å². The Balaban J connectivity index is 1.76. The maximum Gasteiger partial charge on any atom is 0.0459 e. The Kier molecular flexibility index (Phi) is 3.72. The smallest absolute Gasteiger partial charge is 0.0459 e. The van der Waals surface area contributed by atoms with Gasteiger partial charge in [0, 0.05) is 29.3 Å². The van der Waals surface area contributed by atoms with Gasteiger partial charge in [-0.25, -0.2) is 0 Å². The molecular formula is C16H23ClN2. The van der Waals surface area contributed by atoms with Crippen LogP contribution in [0.5, 0.6) is 0 Å². The van der Waals surface area contributed by atoms with Gasteiger partial charge in [0.2, 0.25) is 0 Å². The van der Waals surface area contributed by atoms with Crippen LogP contribution in [-0.2, 0) is 6.42 Å². The summed E-state index contributed by atoms with van der Waals surface area (Å²) in [6, 6.07) is 7.44. The Labute approximate surface area is 120 Å². The van der Waals surface area contributed by atoms with Gasteiger partial charge in [0.1, 0.15) is 0 Å². The molecule has 1 aromatic rings. The summed E-state index contributed by atoms with van der Waals surface area (Å²) in [5, 5.41) is 0.872. The zero-order valence-corrected chi connectivity index (χ0v) is 12.4. The second-order valence-electron chi connectivity index (χ2n) is 6.28. The fraction of sp³-hybridized carbons (Fsp3) is 0.625. The third-order valence-corrected chi connectivity index (χ3v) is 4.40. The number of halogens is 1. The molecule has 2 aliphatic rings. The number of hydrogen-bond acceptors (Lipinski definition) is 2. The molecule has 3 rings (SSSR count). The fourth-order valence-corrected chi connectivity index (χ4v) is 2.91. The molecule has 2 fully saturated rings. The third-order valence-electron chi connectivity index (χ3n) is 4.05. The molecule has 0 saturated heterocycles. The van der Waals surface area contributed by atoms with Crippen LogP contribution in [-0.4, -0.2) is 18.6 Å². The highest BCUT2D eigenvalue weighted by atomic mass is 35.5. The molecule has 19 heavy (non-hydrogen) atoms. The Bertz CT molecular complexity index is 450. The first kappa shape index (κ1) is 13.3. The van der Waals surface area contributed by atoms with Crippen LogP contribution < -0.4 is 10.6 Å². The number of benzene rings is 1. The highest BCUT2D eigenvalue weighted by Crippen LogP contribution is 2.38. The highest BCUT2D eigenvalue weighted by Gasteiger charge is 2.33. The van der Waals surface area contributed by atoms with Crippen molar-refractivity contribution in [2.75, 3.05) is 11.4 Å². The van der Waals surface area contributed by atoms with Crippen LogP contribution in [0.25, 0.3) is 0 Å². The van der Waals surface area contributed by atoms with Crippen molar-refractivity contribution in [3.8, 4) is 0 Å². The molecule has 0 radical (unpaired) electrons. The van der Waals surface area contributed by atoms with Crippen LogP contribution in [0.1, 0.15) is 38.2 Å². The van der Waals surface area contributed by atoms with Gasteiger partial charge in [0.15, 0.2) is 0 Å². The average molecular weight is 279 g/mol. The van der Waals surface area contributed by atoms with Gasteiger partial charge < -0.3 is 10.6 Å². The minimum Gasteiger partial charge on any atom is -0.368 e. The Morgan fingerprint density at radius 3 is 2.58 bits per heavy atom. The second-order valence-corrected chi connectivity index (χ2v) is 6.69. The lowest BCUT2D eigenvalue weighted by Crippen LogP contribution is -2.28. The van der Waals surface area contributed by atoms with E-state index in [2.05, 4.69) is 23.1 Å². The molecule has 0 amide bonds. The summed E-state index contributed by atoms with van der Waals surface area (Å²) >= 11 is 6.41. The highest BCUT2D eigenvalue weighted by molar-refractivity contribution is 6.31. The van der Waals surface area contributed by atoms with Gasteiger partial charge in [-0.1, -0.05) is 17.7 Å². The van der Waals surface area contributed by atoms with Crippen molar-refractivity contribution >= 4 is 17.3 Å². The molecule has 0 aliphatic heterocycles. The zero-order valence-electron chi connectivity index (χ0n) is 11.6. The van der Waals surface area contributed by atoms with E-state index in [1.165, 1.54) is 43.5 Å². The van der Waals surface area contributed by atoms with E-state index in [-0.39, 0.29) is 6.04 Å². The maximum absolute atomic E-state index is 6.41. The molecule has 0 bridgehead atoms. The first-order valence-corrected chi connectivity index (χ1v) is 7.82. The van der Waals surface area contributed by atoms with E-state index in [1.807, 2.05) is 6.92 Å². The summed E-state index contributed by atoms with van der Waals surface area (Å²) in [4.78, 5) is 2.57. The van der Waals surface area contributed by atoms with Crippen LogP contribution in [0.2, 0.25) is 5.02 Å². The van der Waals surface area contributed by atoms with Crippen LogP contribution in [0.3, 0.4) is 0 Å². The largest absolute Gasteiger partial charge is 0.368 e. The molecule has 1 aromatic carbocycles. The number of nitrogens with zero attached hydrogens (tertiary/aromatic N) is 1. The van der Waals surface area contributed by atoms with Crippen molar-refractivity contribution in [3.05, 3.63) is 28.8 Å². The lowest BCUT2D eigenvalue weighted by Gasteiger charge is -2.25. The molecule has 1 atom stereocenters. The average Bonchev–Trinajstić information content (AvgIpc) is 3.22. The second kappa shape index (κ2) is 5.34. The first-order chi connectivity index (χ1) is 9.13. The molecule has 0 spiro atoms. The summed E-state index contributed by atoms with van der Waals surface area (Å²) in [7, 11) is 0. The predicted molar refractivity (Wildman–Crippen MR) is 81.9 cm³/mol. The van der Waals surface area contributed by atoms with Gasteiger partial charge in [0.05, 0.1) is 0 Å². The van der Waals surface area contributed by atoms with Crippen molar-refractivity contribution in [2.45, 2.75) is 51.1 Å². The number of anilines is 1. The minimum atomic E-state index is 0.161. The first-order valence-electron chi connectivity index (χ1n) is 7.44. The topological polar surface area (TPSA) is 29.3 Å². The van der Waals surface area contributed by atoms with E-state index in [9.17, 15) is 0 Å². The van der Waals surface area contributed by atoms with Crippen molar-refractivity contribution < 1.29 is 0 Å². The lowest BCUT2D eigenvalue weighted by molar-refractivity contribution is 0.717. The van der Waals surface area contributed by atoms with Gasteiger partial charge in [-0.05, 0) is 62.6 Å². The minimum absolute atomic E-state index is 0.161. The molecule has 0 aromatic heterocycles. The monoisotopic (exact) mass is 278 g/mol. The number of rotatable bonds is 6. The molecule has 2 N–H and O–H groups in total. The maximum atomic E-state index is 6.41. The predicted octanol–water partition coefficient (Wildman–Crippen LogP) is 3.61. The SMILES string of the molecule is CC(N)Cc1ccc(N(CC2CC2)C2CC2)cc1Cl. The molecule has 0 heterocycles. The zero-order chi connectivity index (χ0) is 13.4. The standard InChI is InChI=1S/C16H23ClN2/c1-11(18)8-13-4-5-15(9-16(13)17)19(14-6-7-14)10-12-2-3-12/h4-5,9,11-12,14H,2-3,6-8,10,18H2,1H3. The van der Waals surface area contributed by atoms with E-state index in [4.69, 9.17) is 17.3 Å². The summed E-state index contributed by atoms with van der Waals surface area (Å²) in [5.41, 5.74) is 8.32. The van der Waals surface area contributed by atoms with Crippen LogP contribution in [0.4, 0.5) is 5.69 Å². The van der Waals surface area contributed by atoms with Gasteiger partial charge in [-0.2, -0.15) is 0 Å². The third kappa shape index (κ3) is 3.43. The normalized spacial score (nSPS) is 20.4. The molecule has 2 nitrogen and oxygen atoms in total. The van der Waals surface area contributed by atoms with Gasteiger partial charge in [0.25, 0.3) is 0 Å². The summed E-state index contributed by atoms with van der Waals surface area (Å²) in [6.45, 7) is 3.24. The molecule has 2 saturated carbocycles. The van der Waals surface area contributed by atoms with Gasteiger partial charge in [-0.3, -0.25) is 0 Å². The van der Waals surface area contributed by atoms with E-state index in [1.54, 1.807) is 0 Å². The molecule has 104 valence electrons. The van der Waals surface area contributed by atoms with E-state index in [0.29, 0.717) is 0 Å². The van der Waals surface area contributed by atoms with Crippen LogP contribution in [0, 0.1) is 5.92 Å². The van der Waals surface area contributed by atoms with Gasteiger partial charge >= 0.3 is 0 Å².